The van der Waals surface area contributed by atoms with E-state index in [1.165, 1.54) is 12.8 Å². The number of aromatic nitrogens is 2. The SMILES string of the molecule is COc1ccc(CNc2ncc(C)c(C)n2)c(OC2CCCC2)c1. The van der Waals surface area contributed by atoms with Crippen LogP contribution in [0.4, 0.5) is 5.95 Å². The van der Waals surface area contributed by atoms with Crippen LogP contribution in [-0.2, 0) is 6.54 Å². The quantitative estimate of drug-likeness (QED) is 0.868. The van der Waals surface area contributed by atoms with E-state index < -0.39 is 0 Å². The number of benzene rings is 1. The second-order valence-electron chi connectivity index (χ2n) is 6.31. The summed E-state index contributed by atoms with van der Waals surface area (Å²) in [5, 5.41) is 3.29. The molecule has 1 heterocycles. The summed E-state index contributed by atoms with van der Waals surface area (Å²) in [5.41, 5.74) is 3.17. The second-order valence-corrected chi connectivity index (χ2v) is 6.31. The lowest BCUT2D eigenvalue weighted by Gasteiger charge is -2.18. The van der Waals surface area contributed by atoms with Crippen molar-refractivity contribution in [2.75, 3.05) is 12.4 Å². The molecule has 0 aliphatic heterocycles. The predicted octanol–water partition coefficient (Wildman–Crippen LogP) is 4.04. The van der Waals surface area contributed by atoms with E-state index in [2.05, 4.69) is 15.3 Å². The van der Waals surface area contributed by atoms with Crippen LogP contribution in [0.3, 0.4) is 0 Å². The molecule has 1 aliphatic rings. The first-order valence-electron chi connectivity index (χ1n) is 8.53. The Morgan fingerprint density at radius 3 is 2.71 bits per heavy atom. The van der Waals surface area contributed by atoms with Crippen LogP contribution in [0, 0.1) is 13.8 Å². The van der Waals surface area contributed by atoms with Crippen LogP contribution in [0.1, 0.15) is 42.5 Å². The van der Waals surface area contributed by atoms with Gasteiger partial charge in [0.15, 0.2) is 0 Å². The predicted molar refractivity (Wildman–Crippen MR) is 94.7 cm³/mol. The molecule has 0 unspecified atom stereocenters. The normalized spacial score (nSPS) is 14.6. The molecule has 1 aromatic heterocycles. The summed E-state index contributed by atoms with van der Waals surface area (Å²) in [4.78, 5) is 8.80. The zero-order valence-corrected chi connectivity index (χ0v) is 14.6. The number of hydrogen-bond donors (Lipinski definition) is 1. The van der Waals surface area contributed by atoms with Gasteiger partial charge in [-0.05, 0) is 57.2 Å². The Kier molecular flexibility index (Phi) is 5.18. The summed E-state index contributed by atoms with van der Waals surface area (Å²) < 4.78 is 11.6. The highest BCUT2D eigenvalue weighted by Crippen LogP contribution is 2.30. The van der Waals surface area contributed by atoms with E-state index >= 15 is 0 Å². The molecule has 5 heteroatoms. The van der Waals surface area contributed by atoms with E-state index in [4.69, 9.17) is 9.47 Å². The molecule has 0 atom stereocenters. The van der Waals surface area contributed by atoms with Gasteiger partial charge < -0.3 is 14.8 Å². The van der Waals surface area contributed by atoms with Gasteiger partial charge in [-0.1, -0.05) is 0 Å². The Hall–Kier alpha value is -2.30. The lowest BCUT2D eigenvalue weighted by atomic mass is 10.2. The van der Waals surface area contributed by atoms with Crippen molar-refractivity contribution < 1.29 is 9.47 Å². The maximum absolute atomic E-state index is 6.22. The van der Waals surface area contributed by atoms with Crippen molar-refractivity contribution in [1.82, 2.24) is 9.97 Å². The zero-order chi connectivity index (χ0) is 16.9. The van der Waals surface area contributed by atoms with Crippen LogP contribution >= 0.6 is 0 Å². The first-order chi connectivity index (χ1) is 11.7. The Morgan fingerprint density at radius 1 is 1.21 bits per heavy atom. The van der Waals surface area contributed by atoms with Gasteiger partial charge in [0, 0.05) is 30.1 Å². The monoisotopic (exact) mass is 327 g/mol. The van der Waals surface area contributed by atoms with Crippen LogP contribution in [0.15, 0.2) is 24.4 Å². The zero-order valence-electron chi connectivity index (χ0n) is 14.6. The minimum Gasteiger partial charge on any atom is -0.497 e. The van der Waals surface area contributed by atoms with Crippen molar-refractivity contribution in [3.05, 3.63) is 41.2 Å². The molecule has 5 nitrogen and oxygen atoms in total. The summed E-state index contributed by atoms with van der Waals surface area (Å²) >= 11 is 0. The van der Waals surface area contributed by atoms with Crippen molar-refractivity contribution >= 4 is 5.95 Å². The highest BCUT2D eigenvalue weighted by atomic mass is 16.5. The Bertz CT molecular complexity index is 697. The summed E-state index contributed by atoms with van der Waals surface area (Å²) in [6.45, 7) is 4.62. The topological polar surface area (TPSA) is 56.3 Å². The van der Waals surface area contributed by atoms with Gasteiger partial charge in [-0.25, -0.2) is 9.97 Å². The summed E-state index contributed by atoms with van der Waals surface area (Å²) in [6.07, 6.45) is 6.91. The average Bonchev–Trinajstić information content (AvgIpc) is 3.09. The molecule has 1 saturated carbocycles. The molecule has 2 aromatic rings. The third kappa shape index (κ3) is 3.96. The van der Waals surface area contributed by atoms with Crippen molar-refractivity contribution in [2.45, 2.75) is 52.2 Å². The van der Waals surface area contributed by atoms with E-state index in [0.29, 0.717) is 18.6 Å². The maximum Gasteiger partial charge on any atom is 0.223 e. The van der Waals surface area contributed by atoms with Crippen LogP contribution in [0.25, 0.3) is 0 Å². The smallest absolute Gasteiger partial charge is 0.223 e. The van der Waals surface area contributed by atoms with E-state index in [1.807, 2.05) is 38.2 Å². The number of aryl methyl sites for hydroxylation is 2. The number of nitrogens with zero attached hydrogens (tertiary/aromatic N) is 2. The number of rotatable bonds is 6. The largest absolute Gasteiger partial charge is 0.497 e. The minimum absolute atomic E-state index is 0.314. The molecule has 1 fully saturated rings. The first-order valence-corrected chi connectivity index (χ1v) is 8.53. The third-order valence-corrected chi connectivity index (χ3v) is 4.53. The van der Waals surface area contributed by atoms with E-state index in [9.17, 15) is 0 Å². The minimum atomic E-state index is 0.314. The third-order valence-electron chi connectivity index (χ3n) is 4.53. The summed E-state index contributed by atoms with van der Waals surface area (Å²) in [6, 6.07) is 5.97. The highest BCUT2D eigenvalue weighted by Gasteiger charge is 2.18. The Morgan fingerprint density at radius 2 is 2.00 bits per heavy atom. The molecule has 0 bridgehead atoms. The van der Waals surface area contributed by atoms with Crippen LogP contribution in [0.5, 0.6) is 11.5 Å². The molecule has 24 heavy (non-hydrogen) atoms. The van der Waals surface area contributed by atoms with Crippen LogP contribution < -0.4 is 14.8 Å². The second kappa shape index (κ2) is 7.51. The van der Waals surface area contributed by atoms with Crippen molar-refractivity contribution in [3.63, 3.8) is 0 Å². The van der Waals surface area contributed by atoms with Gasteiger partial charge in [0.1, 0.15) is 11.5 Å². The number of nitrogens with one attached hydrogen (secondary N) is 1. The Balaban J connectivity index is 1.74. The number of hydrogen-bond acceptors (Lipinski definition) is 5. The van der Waals surface area contributed by atoms with Gasteiger partial charge in [0.2, 0.25) is 5.95 Å². The molecule has 0 saturated heterocycles. The summed E-state index contributed by atoms with van der Waals surface area (Å²) in [7, 11) is 1.68. The van der Waals surface area contributed by atoms with E-state index in [-0.39, 0.29) is 0 Å². The fourth-order valence-electron chi connectivity index (χ4n) is 2.89. The first kappa shape index (κ1) is 16.6. The summed E-state index contributed by atoms with van der Waals surface area (Å²) in [5.74, 6) is 2.34. The molecule has 0 radical (unpaired) electrons. The van der Waals surface area contributed by atoms with Crippen LogP contribution in [0.2, 0.25) is 0 Å². The van der Waals surface area contributed by atoms with Gasteiger partial charge >= 0.3 is 0 Å². The van der Waals surface area contributed by atoms with Crippen LogP contribution in [-0.4, -0.2) is 23.2 Å². The maximum atomic E-state index is 6.22. The standard InChI is InChI=1S/C19H25N3O2/c1-13-11-20-19(22-14(13)2)21-12-15-8-9-17(23-3)10-18(15)24-16-6-4-5-7-16/h8-11,16H,4-7,12H2,1-3H3,(H,20,21,22). The van der Waals surface area contributed by atoms with Crippen molar-refractivity contribution in [3.8, 4) is 11.5 Å². The molecule has 1 aromatic carbocycles. The molecule has 0 amide bonds. The van der Waals surface area contributed by atoms with E-state index in [0.717, 1.165) is 41.2 Å². The Labute approximate surface area is 143 Å². The molecule has 128 valence electrons. The van der Waals surface area contributed by atoms with Gasteiger partial charge in [0.25, 0.3) is 0 Å². The molecule has 0 spiro atoms. The molecular weight excluding hydrogens is 302 g/mol. The van der Waals surface area contributed by atoms with E-state index in [1.54, 1.807) is 7.11 Å². The molecule has 1 aliphatic carbocycles. The van der Waals surface area contributed by atoms with Gasteiger partial charge in [-0.2, -0.15) is 0 Å². The molecule has 3 rings (SSSR count). The molecular formula is C19H25N3O2. The lowest BCUT2D eigenvalue weighted by Crippen LogP contribution is -2.13. The van der Waals surface area contributed by atoms with Gasteiger partial charge in [0.05, 0.1) is 13.2 Å². The van der Waals surface area contributed by atoms with Crippen molar-refractivity contribution in [1.29, 1.82) is 0 Å². The lowest BCUT2D eigenvalue weighted by molar-refractivity contribution is 0.207. The fourth-order valence-corrected chi connectivity index (χ4v) is 2.89. The number of anilines is 1. The molecule has 1 N–H and O–H groups in total. The van der Waals surface area contributed by atoms with Crippen molar-refractivity contribution in [2.24, 2.45) is 0 Å². The highest BCUT2D eigenvalue weighted by molar-refractivity contribution is 5.43. The fraction of sp³-hybridized carbons (Fsp3) is 0.474. The number of ether oxygens (including phenoxy) is 2. The number of methoxy groups -OCH3 is 1. The van der Waals surface area contributed by atoms with Gasteiger partial charge in [-0.15, -0.1) is 0 Å². The van der Waals surface area contributed by atoms with Gasteiger partial charge in [-0.3, -0.25) is 0 Å². The average molecular weight is 327 g/mol.